The van der Waals surface area contributed by atoms with Crippen molar-refractivity contribution in [2.75, 3.05) is 26.9 Å². The van der Waals surface area contributed by atoms with Gasteiger partial charge in [0.2, 0.25) is 11.7 Å². The number of allylic oxidation sites excluding steroid dienone is 1. The number of aliphatic hydroxyl groups excluding tert-OH is 2. The lowest BCUT2D eigenvalue weighted by Gasteiger charge is -2.59. The number of carbonyl (C=O) groups is 1. The molecule has 6 atom stereocenters. The first kappa shape index (κ1) is 49.4. The molecule has 3 aromatic carbocycles. The van der Waals surface area contributed by atoms with E-state index in [9.17, 15) is 25.1 Å². The molecule has 0 saturated heterocycles. The van der Waals surface area contributed by atoms with Gasteiger partial charge < -0.3 is 34.2 Å². The maximum atomic E-state index is 14.5. The molecule has 0 bridgehead atoms. The maximum absolute atomic E-state index is 14.5. The predicted octanol–water partition coefficient (Wildman–Crippen LogP) is 11.6. The fourth-order valence-electron chi connectivity index (χ4n) is 10.3. The molecule has 1 fully saturated rings. The summed E-state index contributed by atoms with van der Waals surface area (Å²) in [5.74, 6) is -0.514. The highest BCUT2D eigenvalue weighted by molar-refractivity contribution is 6.03. The van der Waals surface area contributed by atoms with Crippen LogP contribution in [0, 0.1) is 27.9 Å². The smallest absolute Gasteiger partial charge is 0.273 e. The SMILES string of the molecule is C=CCOC12Oc3ccc(Oc4cccc([N+](=O)[O-])c4)cc3C3C(CCCCO)C(CCCCO)C=C(C(=NOCc4ccccc4)CC1N(C)C(=O)CCCCCCCCCCC)C32. The van der Waals surface area contributed by atoms with E-state index in [1.54, 1.807) is 24.3 Å². The Morgan fingerprint density at radius 3 is 2.32 bits per heavy atom. The summed E-state index contributed by atoms with van der Waals surface area (Å²) in [6.07, 6.45) is 19.7. The molecule has 3 aromatic rings. The Morgan fingerprint density at radius 2 is 1.62 bits per heavy atom. The van der Waals surface area contributed by atoms with Gasteiger partial charge in [0.15, 0.2) is 0 Å². The van der Waals surface area contributed by atoms with E-state index in [4.69, 9.17) is 24.2 Å². The van der Waals surface area contributed by atoms with Crippen LogP contribution in [-0.4, -0.2) is 70.4 Å². The number of amides is 1. The Hall–Kier alpha value is -5.04. The second kappa shape index (κ2) is 25.0. The van der Waals surface area contributed by atoms with E-state index in [1.807, 2.05) is 54.4 Å². The second-order valence-electron chi connectivity index (χ2n) is 18.0. The third-order valence-corrected chi connectivity index (χ3v) is 13.5. The van der Waals surface area contributed by atoms with E-state index >= 15 is 0 Å². The molecule has 2 N–H and O–H groups in total. The fraction of sp³-hybridized carbons (Fsp3) is 0.547. The van der Waals surface area contributed by atoms with E-state index in [0.717, 1.165) is 67.4 Å². The highest BCUT2D eigenvalue weighted by atomic mass is 16.7. The first-order valence-electron chi connectivity index (χ1n) is 24.2. The van der Waals surface area contributed by atoms with Gasteiger partial charge >= 0.3 is 0 Å². The fourth-order valence-corrected chi connectivity index (χ4v) is 10.3. The third-order valence-electron chi connectivity index (χ3n) is 13.5. The maximum Gasteiger partial charge on any atom is 0.273 e. The molecule has 12 nitrogen and oxygen atoms in total. The van der Waals surface area contributed by atoms with Crippen LogP contribution in [0.2, 0.25) is 0 Å². The standard InChI is InChI=1S/C53H71N3O9/c1-4-6-7-8-9-10-11-12-16-28-50(59)55(3)49-37-47(54-63-38-39-22-14-13-15-23-39)45-34-40(24-17-19-31-57)44(27-18-20-32-58)51-46-36-43(64-42-26-21-25-41(35-42)56(60)61)29-30-48(46)65-53(49,52(45)51)62-33-5-2/h5,13-15,21-23,25-26,29-30,34-36,40,44,49,51-52,57-58H,2,4,6-12,16-20,24,27-28,31-33,37-38H2,1,3H3. The van der Waals surface area contributed by atoms with Crippen LogP contribution in [0.4, 0.5) is 5.69 Å². The van der Waals surface area contributed by atoms with Gasteiger partial charge in [-0.25, -0.2) is 0 Å². The van der Waals surface area contributed by atoms with E-state index < -0.39 is 22.7 Å². The number of ether oxygens (including phenoxy) is 3. The minimum atomic E-state index is -1.35. The summed E-state index contributed by atoms with van der Waals surface area (Å²) >= 11 is 0. The van der Waals surface area contributed by atoms with Crippen molar-refractivity contribution in [1.29, 1.82) is 0 Å². The van der Waals surface area contributed by atoms with E-state index in [2.05, 4.69) is 19.6 Å². The number of nitrogens with zero attached hydrogens (tertiary/aromatic N) is 3. The van der Waals surface area contributed by atoms with Crippen LogP contribution >= 0.6 is 0 Å². The van der Waals surface area contributed by atoms with Crippen LogP contribution in [0.15, 0.2) is 102 Å². The number of nitro groups is 1. The number of oxime groups is 1. The number of rotatable bonds is 28. The first-order valence-corrected chi connectivity index (χ1v) is 24.2. The molecule has 2 aliphatic carbocycles. The van der Waals surface area contributed by atoms with Crippen molar-refractivity contribution >= 4 is 17.3 Å². The second-order valence-corrected chi connectivity index (χ2v) is 18.0. The normalized spacial score (nSPS) is 22.6. The van der Waals surface area contributed by atoms with Crippen molar-refractivity contribution < 1.29 is 39.0 Å². The van der Waals surface area contributed by atoms with Gasteiger partial charge in [-0.1, -0.05) is 125 Å². The molecule has 65 heavy (non-hydrogen) atoms. The summed E-state index contributed by atoms with van der Waals surface area (Å²) in [7, 11) is 1.86. The molecule has 3 aliphatic rings. The molecule has 0 radical (unpaired) electrons. The number of hydrogen-bond donors (Lipinski definition) is 2. The minimum Gasteiger partial charge on any atom is -0.459 e. The zero-order chi connectivity index (χ0) is 46.0. The summed E-state index contributed by atoms with van der Waals surface area (Å²) in [5, 5.41) is 36.5. The van der Waals surface area contributed by atoms with Crippen LogP contribution in [0.1, 0.15) is 133 Å². The van der Waals surface area contributed by atoms with Gasteiger partial charge in [0, 0.05) is 50.7 Å². The Morgan fingerprint density at radius 1 is 0.908 bits per heavy atom. The summed E-state index contributed by atoms with van der Waals surface area (Å²) in [4.78, 5) is 33.7. The zero-order valence-electron chi connectivity index (χ0n) is 38.6. The average Bonchev–Trinajstić information content (AvgIpc) is 3.31. The number of carbonyl (C=O) groups excluding carboxylic acids is 1. The van der Waals surface area contributed by atoms with Crippen molar-refractivity contribution in [2.45, 2.75) is 140 Å². The van der Waals surface area contributed by atoms with Crippen molar-refractivity contribution in [2.24, 2.45) is 22.9 Å². The molecule has 1 heterocycles. The quantitative estimate of drug-likeness (QED) is 0.0314. The molecule has 1 saturated carbocycles. The zero-order valence-corrected chi connectivity index (χ0v) is 38.6. The average molecular weight is 894 g/mol. The number of likely N-dealkylation sites (N-methyl/N-ethyl adjacent to an activating group) is 1. The Labute approximate surface area is 385 Å². The van der Waals surface area contributed by atoms with Crippen LogP contribution in [0.25, 0.3) is 0 Å². The van der Waals surface area contributed by atoms with E-state index in [0.29, 0.717) is 42.9 Å². The lowest BCUT2D eigenvalue weighted by Crippen LogP contribution is -2.69. The van der Waals surface area contributed by atoms with E-state index in [-0.39, 0.29) is 55.8 Å². The number of fused-ring (bicyclic) bond motifs is 2. The lowest BCUT2D eigenvalue weighted by molar-refractivity contribution is -0.384. The van der Waals surface area contributed by atoms with Crippen molar-refractivity contribution in [1.82, 2.24) is 4.90 Å². The Balaban J connectivity index is 1.44. The summed E-state index contributed by atoms with van der Waals surface area (Å²) in [6.45, 7) is 6.88. The summed E-state index contributed by atoms with van der Waals surface area (Å²) in [5.41, 5.74) is 3.49. The van der Waals surface area contributed by atoms with Gasteiger partial charge in [-0.2, -0.15) is 0 Å². The topological polar surface area (TPSA) is 153 Å². The molecule has 6 unspecified atom stereocenters. The summed E-state index contributed by atoms with van der Waals surface area (Å²) < 4.78 is 20.7. The van der Waals surface area contributed by atoms with Crippen LogP contribution < -0.4 is 9.47 Å². The number of non-ortho nitro benzene ring substituents is 1. The number of nitro benzene ring substituents is 1. The predicted molar refractivity (Wildman–Crippen MR) is 254 cm³/mol. The molecule has 12 heteroatoms. The number of aliphatic hydroxyl groups is 2. The van der Waals surface area contributed by atoms with Crippen LogP contribution in [0.3, 0.4) is 0 Å². The van der Waals surface area contributed by atoms with Crippen molar-refractivity contribution in [3.63, 3.8) is 0 Å². The van der Waals surface area contributed by atoms with Gasteiger partial charge in [-0.15, -0.1) is 6.58 Å². The number of benzene rings is 3. The van der Waals surface area contributed by atoms with Crippen molar-refractivity contribution in [3.05, 3.63) is 118 Å². The molecular formula is C53H71N3O9. The highest BCUT2D eigenvalue weighted by Crippen LogP contribution is 2.62. The number of hydrogen-bond acceptors (Lipinski definition) is 10. The Kier molecular flexibility index (Phi) is 19.0. The highest BCUT2D eigenvalue weighted by Gasteiger charge is 2.65. The molecule has 0 aromatic heterocycles. The lowest BCUT2D eigenvalue weighted by atomic mass is 9.55. The molecule has 6 rings (SSSR count). The largest absolute Gasteiger partial charge is 0.459 e. The Bertz CT molecular complexity index is 2060. The van der Waals surface area contributed by atoms with Crippen LogP contribution in [-0.2, 0) is 21.0 Å². The molecule has 1 amide bonds. The molecule has 1 aliphatic heterocycles. The minimum absolute atomic E-state index is 0.0142. The van der Waals surface area contributed by atoms with Crippen molar-refractivity contribution in [3.8, 4) is 17.2 Å². The summed E-state index contributed by atoms with van der Waals surface area (Å²) in [6, 6.07) is 21.1. The third kappa shape index (κ3) is 12.7. The van der Waals surface area contributed by atoms with E-state index in [1.165, 1.54) is 50.7 Å². The van der Waals surface area contributed by atoms with Gasteiger partial charge in [0.1, 0.15) is 29.9 Å². The van der Waals surface area contributed by atoms with Gasteiger partial charge in [0.25, 0.3) is 5.69 Å². The van der Waals surface area contributed by atoms with Gasteiger partial charge in [0.05, 0.1) is 29.2 Å². The van der Waals surface area contributed by atoms with Gasteiger partial charge in [-0.05, 0) is 79.3 Å². The molecule has 0 spiro atoms. The molecular weight excluding hydrogens is 823 g/mol. The first-order chi connectivity index (χ1) is 31.7. The van der Waals surface area contributed by atoms with Crippen LogP contribution in [0.5, 0.6) is 17.2 Å². The number of unbranched alkanes of at least 4 members (excludes halogenated alkanes) is 10. The van der Waals surface area contributed by atoms with Gasteiger partial charge in [-0.3, -0.25) is 14.9 Å². The molecule has 352 valence electrons. The monoisotopic (exact) mass is 894 g/mol.